The van der Waals surface area contributed by atoms with Crippen LogP contribution in [0.3, 0.4) is 0 Å². The summed E-state index contributed by atoms with van der Waals surface area (Å²) in [6.07, 6.45) is 1.49. The van der Waals surface area contributed by atoms with Gasteiger partial charge in [0, 0.05) is 0 Å². The Hall–Kier alpha value is -1.51. The van der Waals surface area contributed by atoms with E-state index in [4.69, 9.17) is 4.74 Å². The van der Waals surface area contributed by atoms with Gasteiger partial charge in [-0.1, -0.05) is 26.0 Å². The Morgan fingerprint density at radius 2 is 1.95 bits per heavy atom. The number of hydrogen-bond acceptors (Lipinski definition) is 2. The molecule has 0 amide bonds. The number of ether oxygens (including phenoxy) is 1. The molecule has 0 aromatic heterocycles. The van der Waals surface area contributed by atoms with E-state index < -0.39 is 11.4 Å². The van der Waals surface area contributed by atoms with E-state index in [0.29, 0.717) is 18.4 Å². The van der Waals surface area contributed by atoms with Gasteiger partial charge in [-0.25, -0.2) is 0 Å². The number of hydrogen-bond donors (Lipinski definition) is 1. The number of carboxylic acids is 1. The van der Waals surface area contributed by atoms with E-state index in [2.05, 4.69) is 13.8 Å². The van der Waals surface area contributed by atoms with Crippen molar-refractivity contribution < 1.29 is 14.6 Å². The van der Waals surface area contributed by atoms with Crippen LogP contribution in [0.1, 0.15) is 39.2 Å². The molecule has 0 heterocycles. The average molecular weight is 262 g/mol. The van der Waals surface area contributed by atoms with Crippen molar-refractivity contribution in [2.45, 2.75) is 39.0 Å². The van der Waals surface area contributed by atoms with Crippen molar-refractivity contribution in [3.63, 3.8) is 0 Å². The maximum atomic E-state index is 11.7. The van der Waals surface area contributed by atoms with Crippen molar-refractivity contribution in [1.29, 1.82) is 0 Å². The molecular formula is C16H22O3. The quantitative estimate of drug-likeness (QED) is 0.883. The van der Waals surface area contributed by atoms with Crippen molar-refractivity contribution in [2.24, 2.45) is 11.8 Å². The second kappa shape index (κ2) is 5.24. The minimum Gasteiger partial charge on any atom is -0.494 e. The van der Waals surface area contributed by atoms with E-state index in [1.54, 1.807) is 0 Å². The maximum absolute atomic E-state index is 11.7. The predicted octanol–water partition coefficient (Wildman–Crippen LogP) is 3.47. The summed E-state index contributed by atoms with van der Waals surface area (Å²) in [4.78, 5) is 11.7. The number of carbonyl (C=O) groups is 1. The largest absolute Gasteiger partial charge is 0.494 e. The van der Waals surface area contributed by atoms with E-state index in [1.807, 2.05) is 31.2 Å². The fourth-order valence-electron chi connectivity index (χ4n) is 2.88. The van der Waals surface area contributed by atoms with Crippen molar-refractivity contribution in [3.05, 3.63) is 29.8 Å². The Kier molecular flexibility index (Phi) is 3.83. The first-order chi connectivity index (χ1) is 8.99. The minimum absolute atomic E-state index is 0.516. The Morgan fingerprint density at radius 3 is 2.37 bits per heavy atom. The molecule has 1 aromatic rings. The predicted molar refractivity (Wildman–Crippen MR) is 74.5 cm³/mol. The van der Waals surface area contributed by atoms with Crippen LogP contribution in [0.2, 0.25) is 0 Å². The lowest BCUT2D eigenvalue weighted by Crippen LogP contribution is -2.49. The van der Waals surface area contributed by atoms with Gasteiger partial charge < -0.3 is 9.84 Å². The summed E-state index contributed by atoms with van der Waals surface area (Å²) in [5, 5.41) is 9.58. The molecule has 1 aromatic carbocycles. The zero-order chi connectivity index (χ0) is 14.0. The van der Waals surface area contributed by atoms with Crippen LogP contribution in [0.4, 0.5) is 0 Å². The van der Waals surface area contributed by atoms with E-state index in [0.717, 1.165) is 24.2 Å². The minimum atomic E-state index is -0.700. The normalized spacial score (nSPS) is 26.0. The fourth-order valence-corrected chi connectivity index (χ4v) is 2.88. The topological polar surface area (TPSA) is 46.5 Å². The zero-order valence-electron chi connectivity index (χ0n) is 11.8. The first kappa shape index (κ1) is 13.9. The molecule has 0 spiro atoms. The molecule has 1 saturated carbocycles. The van der Waals surface area contributed by atoms with E-state index in [9.17, 15) is 9.90 Å². The van der Waals surface area contributed by atoms with Crippen LogP contribution < -0.4 is 4.74 Å². The summed E-state index contributed by atoms with van der Waals surface area (Å²) >= 11 is 0. The molecular weight excluding hydrogens is 240 g/mol. The lowest BCUT2D eigenvalue weighted by molar-refractivity contribution is -0.150. The van der Waals surface area contributed by atoms with Crippen LogP contribution in [0, 0.1) is 11.8 Å². The monoisotopic (exact) mass is 262 g/mol. The summed E-state index contributed by atoms with van der Waals surface area (Å²) in [7, 11) is 0. The number of carboxylic acid groups (broad SMARTS) is 1. The van der Waals surface area contributed by atoms with Gasteiger partial charge in [0.15, 0.2) is 0 Å². The summed E-state index contributed by atoms with van der Waals surface area (Å²) in [5.41, 5.74) is 0.222. The van der Waals surface area contributed by atoms with Crippen molar-refractivity contribution in [2.75, 3.05) is 6.61 Å². The van der Waals surface area contributed by atoms with E-state index in [1.165, 1.54) is 0 Å². The standard InChI is InChI=1S/C16H22O3/c1-4-19-14-7-5-13(6-8-14)16(15(17)18)9-12(10-16)11(2)3/h5-8,11-12H,4,9-10H2,1-3H3,(H,17,18). The van der Waals surface area contributed by atoms with Gasteiger partial charge >= 0.3 is 5.97 Å². The molecule has 0 aliphatic heterocycles. The Labute approximate surface area is 114 Å². The van der Waals surface area contributed by atoms with E-state index in [-0.39, 0.29) is 0 Å². The first-order valence-corrected chi connectivity index (χ1v) is 6.96. The van der Waals surface area contributed by atoms with Crippen LogP contribution in [0.15, 0.2) is 24.3 Å². The lowest BCUT2D eigenvalue weighted by Gasteiger charge is -2.46. The number of benzene rings is 1. The first-order valence-electron chi connectivity index (χ1n) is 6.96. The Morgan fingerprint density at radius 1 is 1.37 bits per heavy atom. The van der Waals surface area contributed by atoms with E-state index >= 15 is 0 Å². The molecule has 104 valence electrons. The second-order valence-corrected chi connectivity index (χ2v) is 5.76. The van der Waals surface area contributed by atoms with Gasteiger partial charge in [0.2, 0.25) is 0 Å². The number of aliphatic carboxylic acids is 1. The van der Waals surface area contributed by atoms with Crippen LogP contribution in [0.5, 0.6) is 5.75 Å². The molecule has 1 aliphatic carbocycles. The fraction of sp³-hybridized carbons (Fsp3) is 0.562. The molecule has 1 N–H and O–H groups in total. The van der Waals surface area contributed by atoms with Gasteiger partial charge in [-0.2, -0.15) is 0 Å². The number of rotatable bonds is 5. The third-order valence-corrected chi connectivity index (χ3v) is 4.29. The molecule has 0 atom stereocenters. The van der Waals surface area contributed by atoms with Crippen molar-refractivity contribution in [1.82, 2.24) is 0 Å². The average Bonchev–Trinajstić information content (AvgIpc) is 2.29. The Balaban J connectivity index is 2.19. The summed E-state index contributed by atoms with van der Waals surface area (Å²) < 4.78 is 5.40. The zero-order valence-corrected chi connectivity index (χ0v) is 11.8. The van der Waals surface area contributed by atoms with Gasteiger partial charge in [-0.15, -0.1) is 0 Å². The smallest absolute Gasteiger partial charge is 0.314 e. The second-order valence-electron chi connectivity index (χ2n) is 5.76. The van der Waals surface area contributed by atoms with Crippen LogP contribution in [0.25, 0.3) is 0 Å². The third-order valence-electron chi connectivity index (χ3n) is 4.29. The molecule has 19 heavy (non-hydrogen) atoms. The van der Waals surface area contributed by atoms with Gasteiger partial charge in [-0.3, -0.25) is 4.79 Å². The van der Waals surface area contributed by atoms with Gasteiger partial charge in [-0.05, 0) is 49.3 Å². The molecule has 0 bridgehead atoms. The van der Waals surface area contributed by atoms with Crippen LogP contribution >= 0.6 is 0 Å². The maximum Gasteiger partial charge on any atom is 0.314 e. The highest BCUT2D eigenvalue weighted by atomic mass is 16.5. The summed E-state index contributed by atoms with van der Waals surface area (Å²) in [6, 6.07) is 7.53. The molecule has 0 unspecified atom stereocenters. The molecule has 2 rings (SSSR count). The van der Waals surface area contributed by atoms with Gasteiger partial charge in [0.1, 0.15) is 5.75 Å². The van der Waals surface area contributed by atoms with Crippen molar-refractivity contribution in [3.8, 4) is 5.75 Å². The SMILES string of the molecule is CCOc1ccc(C2(C(=O)O)CC(C(C)C)C2)cc1. The van der Waals surface area contributed by atoms with Crippen LogP contribution in [-0.4, -0.2) is 17.7 Å². The van der Waals surface area contributed by atoms with Crippen molar-refractivity contribution >= 4 is 5.97 Å². The van der Waals surface area contributed by atoms with Crippen LogP contribution in [-0.2, 0) is 10.2 Å². The molecule has 0 saturated heterocycles. The van der Waals surface area contributed by atoms with Gasteiger partial charge in [0.05, 0.1) is 12.0 Å². The molecule has 3 heteroatoms. The molecule has 1 aliphatic rings. The summed E-state index contributed by atoms with van der Waals surface area (Å²) in [6.45, 7) is 6.88. The molecule has 1 fully saturated rings. The molecule has 0 radical (unpaired) electrons. The summed E-state index contributed by atoms with van der Waals surface area (Å²) in [5.74, 6) is 1.16. The third kappa shape index (κ3) is 2.46. The highest BCUT2D eigenvalue weighted by Gasteiger charge is 2.52. The highest BCUT2D eigenvalue weighted by molar-refractivity contribution is 5.82. The molecule has 3 nitrogen and oxygen atoms in total. The lowest BCUT2D eigenvalue weighted by atomic mass is 9.56. The Bertz CT molecular complexity index is 442. The highest BCUT2D eigenvalue weighted by Crippen LogP contribution is 2.51. The van der Waals surface area contributed by atoms with Gasteiger partial charge in [0.25, 0.3) is 0 Å².